The molecule has 0 aromatic carbocycles. The lowest BCUT2D eigenvalue weighted by atomic mass is 10.0. The molecule has 0 radical (unpaired) electrons. The van der Waals surface area contributed by atoms with Crippen molar-refractivity contribution in [3.05, 3.63) is 11.1 Å². The van der Waals surface area contributed by atoms with Gasteiger partial charge in [-0.3, -0.25) is 11.3 Å². The molecular weight excluding hydrogens is 268 g/mol. The number of hydrogen-bond acceptors (Lipinski definition) is 5. The second-order valence-corrected chi connectivity index (χ2v) is 6.33. The van der Waals surface area contributed by atoms with Gasteiger partial charge in [0.25, 0.3) is 0 Å². The summed E-state index contributed by atoms with van der Waals surface area (Å²) in [6, 6.07) is 0.226. The number of nitrogens with zero attached hydrogens (tertiary/aromatic N) is 2. The largest absolute Gasteiger partial charge is 0.271 e. The molecule has 1 aromatic rings. The van der Waals surface area contributed by atoms with Crippen molar-refractivity contribution in [2.45, 2.75) is 83.6 Å². The molecule has 0 fully saturated rings. The van der Waals surface area contributed by atoms with Crippen LogP contribution >= 0.6 is 11.5 Å². The van der Waals surface area contributed by atoms with Gasteiger partial charge >= 0.3 is 0 Å². The van der Waals surface area contributed by atoms with Crippen molar-refractivity contribution in [1.82, 2.24) is 15.0 Å². The van der Waals surface area contributed by atoms with Crippen molar-refractivity contribution in [3.8, 4) is 0 Å². The van der Waals surface area contributed by atoms with Gasteiger partial charge < -0.3 is 0 Å². The van der Waals surface area contributed by atoms with E-state index >= 15 is 0 Å². The number of nitrogens with one attached hydrogen (secondary N) is 1. The van der Waals surface area contributed by atoms with Crippen LogP contribution in [0.2, 0.25) is 0 Å². The molecule has 1 atom stereocenters. The monoisotopic (exact) mass is 298 g/mol. The molecule has 0 aliphatic carbocycles. The minimum Gasteiger partial charge on any atom is -0.271 e. The van der Waals surface area contributed by atoms with Gasteiger partial charge in [0.15, 0.2) is 0 Å². The van der Waals surface area contributed by atoms with Gasteiger partial charge in [0.05, 0.1) is 17.1 Å². The summed E-state index contributed by atoms with van der Waals surface area (Å²) in [6.07, 6.45) is 16.6. The maximum absolute atomic E-state index is 5.59. The van der Waals surface area contributed by atoms with Crippen LogP contribution < -0.4 is 11.3 Å². The number of rotatable bonds is 13. The quantitative estimate of drug-likeness (QED) is 0.323. The average Bonchev–Trinajstić information content (AvgIpc) is 2.99. The van der Waals surface area contributed by atoms with Gasteiger partial charge in [-0.25, -0.2) is 0 Å². The van der Waals surface area contributed by atoms with E-state index in [-0.39, 0.29) is 6.04 Å². The Hall–Kier alpha value is -0.520. The Kier molecular flexibility index (Phi) is 10.7. The SMILES string of the molecule is CCCCCCCCCCCCC(NN)c1cnns1. The fourth-order valence-corrected chi connectivity index (χ4v) is 3.07. The first-order valence-electron chi connectivity index (χ1n) is 8.11. The summed E-state index contributed by atoms with van der Waals surface area (Å²) in [5, 5.41) is 3.86. The zero-order valence-corrected chi connectivity index (χ0v) is 13.6. The number of aromatic nitrogens is 2. The Morgan fingerprint density at radius 3 is 2.15 bits per heavy atom. The van der Waals surface area contributed by atoms with E-state index in [1.165, 1.54) is 75.7 Å². The highest BCUT2D eigenvalue weighted by molar-refractivity contribution is 7.05. The van der Waals surface area contributed by atoms with Crippen molar-refractivity contribution < 1.29 is 0 Å². The van der Waals surface area contributed by atoms with Gasteiger partial charge in [0.2, 0.25) is 0 Å². The summed E-state index contributed by atoms with van der Waals surface area (Å²) >= 11 is 1.43. The molecule has 5 heteroatoms. The molecule has 20 heavy (non-hydrogen) atoms. The minimum absolute atomic E-state index is 0.226. The lowest BCUT2D eigenvalue weighted by Crippen LogP contribution is -2.27. The Labute approximate surface area is 127 Å². The van der Waals surface area contributed by atoms with Crippen molar-refractivity contribution in [2.75, 3.05) is 0 Å². The van der Waals surface area contributed by atoms with E-state index in [0.717, 1.165) is 11.3 Å². The highest BCUT2D eigenvalue weighted by atomic mass is 32.1. The van der Waals surface area contributed by atoms with Crippen LogP contribution in [0.4, 0.5) is 0 Å². The first-order chi connectivity index (χ1) is 9.88. The normalized spacial score (nSPS) is 12.7. The summed E-state index contributed by atoms with van der Waals surface area (Å²) in [7, 11) is 0. The predicted molar refractivity (Wildman–Crippen MR) is 86.4 cm³/mol. The van der Waals surface area contributed by atoms with Gasteiger partial charge in [-0.05, 0) is 18.0 Å². The summed E-state index contributed by atoms with van der Waals surface area (Å²) in [6.45, 7) is 2.27. The van der Waals surface area contributed by atoms with Crippen LogP contribution in [0.25, 0.3) is 0 Å². The molecule has 0 spiro atoms. The maximum atomic E-state index is 5.59. The van der Waals surface area contributed by atoms with Crippen LogP contribution in [0, 0.1) is 0 Å². The predicted octanol–water partition coefficient (Wildman–Crippen LogP) is 4.35. The van der Waals surface area contributed by atoms with Crippen molar-refractivity contribution >= 4 is 11.5 Å². The third kappa shape index (κ3) is 7.92. The summed E-state index contributed by atoms with van der Waals surface area (Å²) in [5.74, 6) is 5.59. The highest BCUT2D eigenvalue weighted by Crippen LogP contribution is 2.21. The van der Waals surface area contributed by atoms with E-state index in [1.54, 1.807) is 0 Å². The third-order valence-corrected chi connectivity index (χ3v) is 4.55. The number of nitrogens with two attached hydrogens (primary N) is 1. The van der Waals surface area contributed by atoms with E-state index in [9.17, 15) is 0 Å². The van der Waals surface area contributed by atoms with Crippen LogP contribution in [0.3, 0.4) is 0 Å². The molecule has 1 heterocycles. The topological polar surface area (TPSA) is 63.8 Å². The standard InChI is InChI=1S/C15H30N4S/c1-2-3-4-5-6-7-8-9-10-11-12-14(18-16)15-13-17-19-20-15/h13-14,18H,2-12,16H2,1H3. The fraction of sp³-hybridized carbons (Fsp3) is 0.867. The van der Waals surface area contributed by atoms with Gasteiger partial charge in [-0.1, -0.05) is 75.6 Å². The van der Waals surface area contributed by atoms with Crippen LogP contribution in [-0.2, 0) is 0 Å². The molecule has 1 unspecified atom stereocenters. The van der Waals surface area contributed by atoms with Crippen molar-refractivity contribution in [1.29, 1.82) is 0 Å². The number of hydrazine groups is 1. The average molecular weight is 298 g/mol. The molecule has 0 aliphatic rings. The lowest BCUT2D eigenvalue weighted by molar-refractivity contribution is 0.478. The molecule has 0 aliphatic heterocycles. The van der Waals surface area contributed by atoms with Crippen molar-refractivity contribution in [2.24, 2.45) is 5.84 Å². The zero-order chi connectivity index (χ0) is 14.5. The smallest absolute Gasteiger partial charge is 0.0669 e. The first kappa shape index (κ1) is 17.5. The molecule has 1 aromatic heterocycles. The fourth-order valence-electron chi connectivity index (χ4n) is 2.47. The van der Waals surface area contributed by atoms with Crippen LogP contribution in [0.15, 0.2) is 6.20 Å². The van der Waals surface area contributed by atoms with Gasteiger partial charge in [0.1, 0.15) is 0 Å². The molecule has 0 saturated heterocycles. The number of unbranched alkanes of at least 4 members (excludes halogenated alkanes) is 9. The third-order valence-electron chi connectivity index (χ3n) is 3.77. The maximum Gasteiger partial charge on any atom is 0.0669 e. The highest BCUT2D eigenvalue weighted by Gasteiger charge is 2.11. The van der Waals surface area contributed by atoms with E-state index in [4.69, 9.17) is 5.84 Å². The summed E-state index contributed by atoms with van der Waals surface area (Å²) < 4.78 is 3.89. The summed E-state index contributed by atoms with van der Waals surface area (Å²) in [4.78, 5) is 1.14. The Bertz CT molecular complexity index is 303. The van der Waals surface area contributed by atoms with E-state index < -0.39 is 0 Å². The van der Waals surface area contributed by atoms with Crippen molar-refractivity contribution in [3.63, 3.8) is 0 Å². The Morgan fingerprint density at radius 2 is 1.65 bits per heavy atom. The van der Waals surface area contributed by atoms with E-state index in [2.05, 4.69) is 21.9 Å². The second-order valence-electron chi connectivity index (χ2n) is 5.51. The lowest BCUT2D eigenvalue weighted by Gasteiger charge is -2.12. The second kappa shape index (κ2) is 12.2. The molecule has 116 valence electrons. The van der Waals surface area contributed by atoms with E-state index in [0.29, 0.717) is 0 Å². The molecule has 0 amide bonds. The first-order valence-corrected chi connectivity index (χ1v) is 8.89. The van der Waals surface area contributed by atoms with Gasteiger partial charge in [-0.15, -0.1) is 5.10 Å². The van der Waals surface area contributed by atoms with Crippen LogP contribution in [-0.4, -0.2) is 9.59 Å². The van der Waals surface area contributed by atoms with Crippen LogP contribution in [0.1, 0.15) is 88.5 Å². The zero-order valence-electron chi connectivity index (χ0n) is 12.8. The summed E-state index contributed by atoms with van der Waals surface area (Å²) in [5.41, 5.74) is 2.87. The molecular formula is C15H30N4S. The van der Waals surface area contributed by atoms with E-state index in [1.807, 2.05) is 6.20 Å². The van der Waals surface area contributed by atoms with Gasteiger partial charge in [0, 0.05) is 0 Å². The minimum atomic E-state index is 0.226. The molecule has 1 rings (SSSR count). The van der Waals surface area contributed by atoms with Gasteiger partial charge in [-0.2, -0.15) is 0 Å². The molecule has 3 N–H and O–H groups in total. The Balaban J connectivity index is 1.91. The van der Waals surface area contributed by atoms with Crippen LogP contribution in [0.5, 0.6) is 0 Å². The number of hydrogen-bond donors (Lipinski definition) is 2. The Morgan fingerprint density at radius 1 is 1.05 bits per heavy atom. The molecule has 0 bridgehead atoms. The molecule has 4 nitrogen and oxygen atoms in total. The molecule has 0 saturated carbocycles.